The van der Waals surface area contributed by atoms with Crippen molar-refractivity contribution in [3.8, 4) is 11.3 Å². The first-order valence-corrected chi connectivity index (χ1v) is 13.8. The molecule has 1 amide bonds. The number of H-pyrrole nitrogens is 1. The van der Waals surface area contributed by atoms with Gasteiger partial charge in [0.2, 0.25) is 5.91 Å². The first kappa shape index (κ1) is 22.4. The molecular weight excluding hydrogens is 472 g/mol. The number of nitrogens with zero attached hydrogens (tertiary/aromatic N) is 4. The second-order valence-electron chi connectivity index (χ2n) is 11.1. The predicted octanol–water partition coefficient (Wildman–Crippen LogP) is 4.60. The summed E-state index contributed by atoms with van der Waals surface area (Å²) in [6.07, 6.45) is 8.31. The van der Waals surface area contributed by atoms with Gasteiger partial charge in [0.05, 0.1) is 25.5 Å². The summed E-state index contributed by atoms with van der Waals surface area (Å²) in [6, 6.07) is 0.941. The number of carbonyl (C=O) groups excluding carboxylic acids is 1. The lowest BCUT2D eigenvalue weighted by molar-refractivity contribution is -0.120. The topological polar surface area (TPSA) is 102 Å². The fraction of sp³-hybridized carbons (Fsp3) is 0.519. The van der Waals surface area contributed by atoms with Gasteiger partial charge in [0.15, 0.2) is 5.65 Å². The van der Waals surface area contributed by atoms with E-state index in [1.165, 1.54) is 55.9 Å². The molecule has 8 nitrogen and oxygen atoms in total. The Morgan fingerprint density at radius 1 is 1.25 bits per heavy atom. The Morgan fingerprint density at radius 2 is 2.00 bits per heavy atom. The zero-order valence-corrected chi connectivity index (χ0v) is 21.8. The number of amides is 1. The van der Waals surface area contributed by atoms with Crippen LogP contribution in [-0.4, -0.2) is 49.0 Å². The van der Waals surface area contributed by atoms with Gasteiger partial charge in [-0.1, -0.05) is 13.8 Å². The number of piperidine rings is 1. The zero-order valence-electron chi connectivity index (χ0n) is 21.0. The molecule has 3 atom stereocenters. The second kappa shape index (κ2) is 8.13. The Hall–Kier alpha value is -2.75. The fourth-order valence-corrected chi connectivity index (χ4v) is 8.55. The van der Waals surface area contributed by atoms with Crippen LogP contribution in [-0.2, 0) is 22.7 Å². The lowest BCUT2D eigenvalue weighted by Crippen LogP contribution is -2.46. The lowest BCUT2D eigenvalue weighted by atomic mass is 9.86. The van der Waals surface area contributed by atoms with Crippen LogP contribution in [0.5, 0.6) is 0 Å². The molecule has 0 aliphatic carbocycles. The molecule has 3 aliphatic heterocycles. The Labute approximate surface area is 213 Å². The third kappa shape index (κ3) is 3.22. The van der Waals surface area contributed by atoms with E-state index in [4.69, 9.17) is 10.5 Å². The number of hydrogen-bond donors (Lipinski definition) is 2. The summed E-state index contributed by atoms with van der Waals surface area (Å²) in [4.78, 5) is 25.1. The molecule has 4 aromatic rings. The number of rotatable bonds is 5. The van der Waals surface area contributed by atoms with E-state index >= 15 is 0 Å². The van der Waals surface area contributed by atoms with E-state index in [9.17, 15) is 4.79 Å². The number of nitrogens with two attached hydrogens (primary N) is 1. The first-order chi connectivity index (χ1) is 17.4. The van der Waals surface area contributed by atoms with E-state index in [0.29, 0.717) is 43.7 Å². The highest BCUT2D eigenvalue weighted by atomic mass is 32.1. The third-order valence-corrected chi connectivity index (χ3v) is 10.0. The van der Waals surface area contributed by atoms with Crippen molar-refractivity contribution >= 4 is 33.1 Å². The maximum atomic E-state index is 11.6. The molecule has 188 valence electrons. The van der Waals surface area contributed by atoms with Crippen LogP contribution in [0.2, 0.25) is 0 Å². The number of ether oxygens (including phenoxy) is 1. The van der Waals surface area contributed by atoms with E-state index in [2.05, 4.69) is 46.9 Å². The summed E-state index contributed by atoms with van der Waals surface area (Å²) in [7, 11) is 0. The Kier molecular flexibility index (Phi) is 5.07. The second-order valence-corrected chi connectivity index (χ2v) is 12.1. The number of thiophene rings is 1. The standard InChI is InChI=1S/C27H32N6O2S/c1-13(2)22-23-14(3)25(15-6-16-4-5-17(7-15)32(16)9-21(28)34)36-27(23)31-24(22)18-8-33-26(29-12-30-33)20-11-35-10-19(18)20/h8,12-13,15-17,31H,4-7,9-11H2,1-3H3,(H2,28,34)/t15?,16-,17+. The van der Waals surface area contributed by atoms with Gasteiger partial charge in [0.1, 0.15) is 11.2 Å². The number of hydrogen-bond acceptors (Lipinski definition) is 6. The van der Waals surface area contributed by atoms with Gasteiger partial charge in [-0.3, -0.25) is 9.69 Å². The largest absolute Gasteiger partial charge is 0.372 e. The maximum Gasteiger partial charge on any atom is 0.231 e. The molecule has 2 saturated heterocycles. The van der Waals surface area contributed by atoms with Crippen LogP contribution in [0.1, 0.15) is 78.5 Å². The molecule has 3 N–H and O–H groups in total. The van der Waals surface area contributed by atoms with E-state index in [1.807, 2.05) is 15.9 Å². The van der Waals surface area contributed by atoms with Gasteiger partial charge in [-0.05, 0) is 61.1 Å². The molecular formula is C27H32N6O2S. The average molecular weight is 505 g/mol. The summed E-state index contributed by atoms with van der Waals surface area (Å²) < 4.78 is 7.75. The molecule has 36 heavy (non-hydrogen) atoms. The van der Waals surface area contributed by atoms with Crippen molar-refractivity contribution in [2.45, 2.75) is 83.6 Å². The van der Waals surface area contributed by atoms with Crippen LogP contribution in [0.3, 0.4) is 0 Å². The number of aromatic amines is 1. The molecule has 0 aromatic carbocycles. The normalized spacial score (nSPS) is 23.9. The molecule has 0 saturated carbocycles. The predicted molar refractivity (Wildman–Crippen MR) is 140 cm³/mol. The molecule has 9 heteroatoms. The smallest absolute Gasteiger partial charge is 0.231 e. The Morgan fingerprint density at radius 3 is 2.72 bits per heavy atom. The minimum atomic E-state index is -0.207. The number of fused-ring (bicyclic) bond motifs is 6. The monoisotopic (exact) mass is 504 g/mol. The van der Waals surface area contributed by atoms with Crippen molar-refractivity contribution in [2.75, 3.05) is 6.54 Å². The lowest BCUT2D eigenvalue weighted by Gasteiger charge is -2.38. The number of aromatic nitrogens is 4. The number of carbonyl (C=O) groups is 1. The molecule has 2 fully saturated rings. The highest BCUT2D eigenvalue weighted by Gasteiger charge is 2.42. The van der Waals surface area contributed by atoms with E-state index in [0.717, 1.165) is 24.1 Å². The highest BCUT2D eigenvalue weighted by Crippen LogP contribution is 2.50. The number of aryl methyl sites for hydroxylation is 1. The molecule has 0 spiro atoms. The van der Waals surface area contributed by atoms with Crippen LogP contribution in [0.15, 0.2) is 12.5 Å². The van der Waals surface area contributed by atoms with E-state index < -0.39 is 0 Å². The van der Waals surface area contributed by atoms with Crippen LogP contribution in [0.25, 0.3) is 27.1 Å². The number of nitrogens with one attached hydrogen (secondary N) is 1. The molecule has 2 bridgehead atoms. The minimum absolute atomic E-state index is 0.207. The van der Waals surface area contributed by atoms with Gasteiger partial charge >= 0.3 is 0 Å². The first-order valence-electron chi connectivity index (χ1n) is 13.0. The van der Waals surface area contributed by atoms with Gasteiger partial charge in [-0.25, -0.2) is 9.50 Å². The van der Waals surface area contributed by atoms with Crippen LogP contribution in [0.4, 0.5) is 0 Å². The summed E-state index contributed by atoms with van der Waals surface area (Å²) in [5, 5.41) is 5.83. The van der Waals surface area contributed by atoms with Gasteiger partial charge < -0.3 is 15.5 Å². The van der Waals surface area contributed by atoms with Gasteiger partial charge in [0, 0.05) is 39.7 Å². The van der Waals surface area contributed by atoms with Crippen molar-refractivity contribution in [3.05, 3.63) is 39.7 Å². The quantitative estimate of drug-likeness (QED) is 0.414. The number of primary amides is 1. The number of pyridine rings is 1. The van der Waals surface area contributed by atoms with Gasteiger partial charge in [-0.2, -0.15) is 5.10 Å². The highest BCUT2D eigenvalue weighted by molar-refractivity contribution is 7.19. The minimum Gasteiger partial charge on any atom is -0.372 e. The molecule has 7 heterocycles. The van der Waals surface area contributed by atoms with Gasteiger partial charge in [0.25, 0.3) is 0 Å². The average Bonchev–Trinajstić information content (AvgIpc) is 3.62. The molecule has 3 aliphatic rings. The SMILES string of the molecule is Cc1c(C2C[C@H]3CC[C@@H](C2)N3CC(N)=O)sc2[nH]c(-c3cn4ncnc4c4c3COC4)c(C(C)C)c12. The Bertz CT molecular complexity index is 1500. The van der Waals surface area contributed by atoms with Crippen LogP contribution >= 0.6 is 11.3 Å². The van der Waals surface area contributed by atoms with Crippen molar-refractivity contribution in [2.24, 2.45) is 5.73 Å². The van der Waals surface area contributed by atoms with Crippen molar-refractivity contribution in [3.63, 3.8) is 0 Å². The van der Waals surface area contributed by atoms with Crippen molar-refractivity contribution in [1.29, 1.82) is 0 Å². The zero-order chi connectivity index (χ0) is 24.7. The third-order valence-electron chi connectivity index (χ3n) is 8.68. The van der Waals surface area contributed by atoms with E-state index in [-0.39, 0.29) is 5.91 Å². The fourth-order valence-electron chi connectivity index (χ4n) is 7.20. The van der Waals surface area contributed by atoms with Crippen LogP contribution < -0.4 is 5.73 Å². The Balaban J connectivity index is 1.32. The summed E-state index contributed by atoms with van der Waals surface area (Å²) in [6.45, 7) is 8.47. The molecule has 1 unspecified atom stereocenters. The summed E-state index contributed by atoms with van der Waals surface area (Å²) in [5.74, 6) is 0.707. The molecule has 7 rings (SSSR count). The summed E-state index contributed by atoms with van der Waals surface area (Å²) >= 11 is 1.93. The van der Waals surface area contributed by atoms with Crippen LogP contribution in [0, 0.1) is 6.92 Å². The van der Waals surface area contributed by atoms with E-state index in [1.54, 1.807) is 6.33 Å². The molecule has 4 aromatic heterocycles. The van der Waals surface area contributed by atoms with Gasteiger partial charge in [-0.15, -0.1) is 11.3 Å². The maximum absolute atomic E-state index is 11.6. The molecule has 0 radical (unpaired) electrons. The van der Waals surface area contributed by atoms with Crippen molar-refractivity contribution in [1.82, 2.24) is 24.5 Å². The summed E-state index contributed by atoms with van der Waals surface area (Å²) in [5.41, 5.74) is 14.0. The van der Waals surface area contributed by atoms with Crippen molar-refractivity contribution < 1.29 is 9.53 Å².